The largest absolute Gasteiger partial charge is 0.379 e. The molecule has 0 saturated carbocycles. The molecule has 0 amide bonds. The Kier molecular flexibility index (Phi) is 5.32. The summed E-state index contributed by atoms with van der Waals surface area (Å²) in [6, 6.07) is 8.04. The second-order valence-electron chi connectivity index (χ2n) is 4.74. The molecule has 0 saturated heterocycles. The third-order valence-electron chi connectivity index (χ3n) is 3.37. The van der Waals surface area contributed by atoms with E-state index in [2.05, 4.69) is 24.3 Å². The summed E-state index contributed by atoms with van der Waals surface area (Å²) >= 11 is 11.9. The molecule has 3 nitrogen and oxygen atoms in total. The Balaban J connectivity index is 1.98. The molecular formula is C15H19Cl2N3. The highest BCUT2D eigenvalue weighted by Gasteiger charge is 2.07. The average molecular weight is 312 g/mol. The van der Waals surface area contributed by atoms with Crippen LogP contribution in [-0.2, 0) is 6.54 Å². The van der Waals surface area contributed by atoms with Gasteiger partial charge < -0.3 is 5.32 Å². The quantitative estimate of drug-likeness (QED) is 0.798. The predicted octanol–water partition coefficient (Wildman–Crippen LogP) is 5.16. The smallest absolute Gasteiger partial charge is 0.0815 e. The van der Waals surface area contributed by atoms with Gasteiger partial charge in [-0.1, -0.05) is 37.0 Å². The van der Waals surface area contributed by atoms with Gasteiger partial charge in [0.2, 0.25) is 0 Å². The Morgan fingerprint density at radius 2 is 1.90 bits per heavy atom. The zero-order valence-electron chi connectivity index (χ0n) is 11.7. The number of nitrogens with one attached hydrogen (secondary N) is 1. The highest BCUT2D eigenvalue weighted by molar-refractivity contribution is 6.42. The molecule has 1 N–H and O–H groups in total. The van der Waals surface area contributed by atoms with E-state index in [4.69, 9.17) is 23.2 Å². The topological polar surface area (TPSA) is 29.9 Å². The van der Waals surface area contributed by atoms with Gasteiger partial charge in [-0.05, 0) is 37.1 Å². The van der Waals surface area contributed by atoms with Gasteiger partial charge in [0.15, 0.2) is 0 Å². The average Bonchev–Trinajstić information content (AvgIpc) is 2.90. The summed E-state index contributed by atoms with van der Waals surface area (Å²) < 4.78 is 2.05. The lowest BCUT2D eigenvalue weighted by Crippen LogP contribution is -2.08. The van der Waals surface area contributed by atoms with E-state index >= 15 is 0 Å². The molecule has 0 spiro atoms. The van der Waals surface area contributed by atoms with Crippen molar-refractivity contribution in [2.75, 3.05) is 5.32 Å². The highest BCUT2D eigenvalue weighted by atomic mass is 35.5. The fraction of sp³-hybridized carbons (Fsp3) is 0.400. The van der Waals surface area contributed by atoms with E-state index in [1.165, 1.54) is 0 Å². The molecule has 2 aromatic rings. The molecule has 0 bridgehead atoms. The molecule has 2 rings (SSSR count). The third-order valence-corrected chi connectivity index (χ3v) is 4.11. The van der Waals surface area contributed by atoms with Crippen LogP contribution in [0.2, 0.25) is 10.0 Å². The molecular weight excluding hydrogens is 293 g/mol. The van der Waals surface area contributed by atoms with Crippen molar-refractivity contribution in [3.63, 3.8) is 0 Å². The molecule has 20 heavy (non-hydrogen) atoms. The van der Waals surface area contributed by atoms with Crippen molar-refractivity contribution >= 4 is 28.9 Å². The maximum absolute atomic E-state index is 5.99. The number of anilines is 1. The number of halogens is 2. The zero-order chi connectivity index (χ0) is 14.5. The van der Waals surface area contributed by atoms with Crippen molar-refractivity contribution in [3.8, 4) is 0 Å². The Morgan fingerprint density at radius 1 is 1.15 bits per heavy atom. The van der Waals surface area contributed by atoms with Gasteiger partial charge in [-0.3, -0.25) is 4.68 Å². The molecule has 1 heterocycles. The molecule has 0 fully saturated rings. The minimum absolute atomic E-state index is 0.480. The monoisotopic (exact) mass is 311 g/mol. The molecule has 1 aromatic heterocycles. The summed E-state index contributed by atoms with van der Waals surface area (Å²) in [6.45, 7) is 5.04. The molecule has 0 unspecified atom stereocenters. The van der Waals surface area contributed by atoms with Gasteiger partial charge >= 0.3 is 0 Å². The van der Waals surface area contributed by atoms with Crippen LogP contribution < -0.4 is 5.32 Å². The van der Waals surface area contributed by atoms with Crippen molar-refractivity contribution < 1.29 is 0 Å². The minimum atomic E-state index is 0.480. The van der Waals surface area contributed by atoms with Gasteiger partial charge in [-0.15, -0.1) is 0 Å². The first kappa shape index (κ1) is 15.2. The van der Waals surface area contributed by atoms with Crippen LogP contribution >= 0.6 is 23.2 Å². The minimum Gasteiger partial charge on any atom is -0.379 e. The molecule has 0 aliphatic rings. The maximum atomic E-state index is 5.99. The molecule has 1 aromatic carbocycles. The lowest BCUT2D eigenvalue weighted by molar-refractivity contribution is 0.426. The predicted molar refractivity (Wildman–Crippen MR) is 85.6 cm³/mol. The van der Waals surface area contributed by atoms with Crippen molar-refractivity contribution in [2.45, 2.75) is 39.3 Å². The maximum Gasteiger partial charge on any atom is 0.0815 e. The molecule has 0 aliphatic heterocycles. The molecule has 0 aliphatic carbocycles. The van der Waals surface area contributed by atoms with Crippen LogP contribution in [0.25, 0.3) is 0 Å². The van der Waals surface area contributed by atoms with Crippen LogP contribution in [0.4, 0.5) is 5.69 Å². The highest BCUT2D eigenvalue weighted by Crippen LogP contribution is 2.25. The van der Waals surface area contributed by atoms with Gasteiger partial charge in [-0.2, -0.15) is 5.10 Å². The summed E-state index contributed by atoms with van der Waals surface area (Å²) in [6.07, 6.45) is 4.24. The summed E-state index contributed by atoms with van der Waals surface area (Å²) in [7, 11) is 0. The van der Waals surface area contributed by atoms with Gasteiger partial charge in [0.25, 0.3) is 0 Å². The first-order valence-corrected chi connectivity index (χ1v) is 7.62. The van der Waals surface area contributed by atoms with E-state index in [1.807, 2.05) is 29.1 Å². The second-order valence-corrected chi connectivity index (χ2v) is 5.55. The summed E-state index contributed by atoms with van der Waals surface area (Å²) in [4.78, 5) is 0. The number of rotatable bonds is 6. The summed E-state index contributed by atoms with van der Waals surface area (Å²) in [5.74, 6) is 0. The number of aromatic nitrogens is 2. The van der Waals surface area contributed by atoms with Crippen LogP contribution in [0.1, 0.15) is 38.4 Å². The number of hydrogen-bond donors (Lipinski definition) is 1. The van der Waals surface area contributed by atoms with Crippen molar-refractivity contribution in [3.05, 3.63) is 46.2 Å². The molecule has 0 radical (unpaired) electrons. The summed E-state index contributed by atoms with van der Waals surface area (Å²) in [5.41, 5.74) is 1.96. The van der Waals surface area contributed by atoms with E-state index in [0.717, 1.165) is 24.2 Å². The van der Waals surface area contributed by atoms with Crippen molar-refractivity contribution in [2.24, 2.45) is 0 Å². The Morgan fingerprint density at radius 3 is 2.55 bits per heavy atom. The Labute approximate surface area is 129 Å². The van der Waals surface area contributed by atoms with E-state index in [1.54, 1.807) is 6.07 Å². The SMILES string of the molecule is CCC(CC)n1ccc(CNc2ccc(Cl)c(Cl)c2)n1. The van der Waals surface area contributed by atoms with E-state index in [9.17, 15) is 0 Å². The number of benzene rings is 1. The van der Waals surface area contributed by atoms with Gasteiger partial charge in [0.05, 0.1) is 28.3 Å². The van der Waals surface area contributed by atoms with E-state index in [-0.39, 0.29) is 0 Å². The van der Waals surface area contributed by atoms with Gasteiger partial charge in [0, 0.05) is 11.9 Å². The van der Waals surface area contributed by atoms with E-state index < -0.39 is 0 Å². The molecule has 0 atom stereocenters. The van der Waals surface area contributed by atoms with Crippen LogP contribution in [-0.4, -0.2) is 9.78 Å². The second kappa shape index (κ2) is 7.00. The third kappa shape index (κ3) is 3.68. The van der Waals surface area contributed by atoms with Crippen LogP contribution in [0.15, 0.2) is 30.5 Å². The van der Waals surface area contributed by atoms with Gasteiger partial charge in [-0.25, -0.2) is 0 Å². The number of hydrogen-bond acceptors (Lipinski definition) is 2. The molecule has 5 heteroatoms. The summed E-state index contributed by atoms with van der Waals surface area (Å²) in [5, 5.41) is 9.02. The van der Waals surface area contributed by atoms with Gasteiger partial charge in [0.1, 0.15) is 0 Å². The normalized spacial score (nSPS) is 11.1. The van der Waals surface area contributed by atoms with Crippen molar-refractivity contribution in [1.82, 2.24) is 9.78 Å². The lowest BCUT2D eigenvalue weighted by Gasteiger charge is -2.12. The fourth-order valence-corrected chi connectivity index (χ4v) is 2.43. The first-order valence-electron chi connectivity index (χ1n) is 6.87. The molecule has 108 valence electrons. The lowest BCUT2D eigenvalue weighted by atomic mass is 10.2. The van der Waals surface area contributed by atoms with E-state index in [0.29, 0.717) is 22.6 Å². The van der Waals surface area contributed by atoms with Crippen LogP contribution in [0.3, 0.4) is 0 Å². The van der Waals surface area contributed by atoms with Crippen LogP contribution in [0.5, 0.6) is 0 Å². The fourth-order valence-electron chi connectivity index (χ4n) is 2.14. The zero-order valence-corrected chi connectivity index (χ0v) is 13.2. The van der Waals surface area contributed by atoms with Crippen LogP contribution in [0, 0.1) is 0 Å². The number of nitrogens with zero attached hydrogens (tertiary/aromatic N) is 2. The van der Waals surface area contributed by atoms with Crippen molar-refractivity contribution in [1.29, 1.82) is 0 Å². The first-order chi connectivity index (χ1) is 9.63. The standard InChI is InChI=1S/C15H19Cl2N3/c1-3-13(4-2)20-8-7-12(19-20)10-18-11-5-6-14(16)15(17)9-11/h5-9,13,18H,3-4,10H2,1-2H3. The Hall–Kier alpha value is -1.19. The Bertz CT molecular complexity index is 562.